The van der Waals surface area contributed by atoms with Crippen molar-refractivity contribution in [1.82, 2.24) is 25.1 Å². The SMILES string of the molecule is CCc1nc(S[C@H](C)c2nc3ccccc3c(=O)[nH]2)n[nH]1. The number of aromatic nitrogens is 5. The summed E-state index contributed by atoms with van der Waals surface area (Å²) in [5.74, 6) is 1.48. The van der Waals surface area contributed by atoms with Crippen LogP contribution in [-0.4, -0.2) is 25.1 Å². The molecule has 1 atom stereocenters. The van der Waals surface area contributed by atoms with E-state index in [1.54, 1.807) is 6.07 Å². The highest BCUT2D eigenvalue weighted by atomic mass is 32.2. The van der Waals surface area contributed by atoms with Crippen molar-refractivity contribution in [3.63, 3.8) is 0 Å². The number of benzene rings is 1. The molecule has 6 nitrogen and oxygen atoms in total. The number of nitrogens with one attached hydrogen (secondary N) is 2. The number of aryl methyl sites for hydroxylation is 1. The Morgan fingerprint density at radius 2 is 2.10 bits per heavy atom. The Hall–Kier alpha value is -2.15. The fraction of sp³-hybridized carbons (Fsp3) is 0.286. The molecule has 108 valence electrons. The van der Waals surface area contributed by atoms with Crippen molar-refractivity contribution in [1.29, 1.82) is 0 Å². The normalized spacial score (nSPS) is 12.7. The van der Waals surface area contributed by atoms with E-state index in [9.17, 15) is 4.79 Å². The first-order chi connectivity index (χ1) is 10.2. The van der Waals surface area contributed by atoms with E-state index in [0.29, 0.717) is 21.9 Å². The van der Waals surface area contributed by atoms with Crippen LogP contribution in [-0.2, 0) is 6.42 Å². The molecule has 0 aliphatic carbocycles. The van der Waals surface area contributed by atoms with Gasteiger partial charge in [0.2, 0.25) is 5.16 Å². The molecule has 21 heavy (non-hydrogen) atoms. The summed E-state index contributed by atoms with van der Waals surface area (Å²) in [6.07, 6.45) is 0.812. The molecule has 0 fully saturated rings. The lowest BCUT2D eigenvalue weighted by atomic mass is 10.2. The molecular weight excluding hydrogens is 286 g/mol. The lowest BCUT2D eigenvalue weighted by molar-refractivity contribution is 0.904. The van der Waals surface area contributed by atoms with Gasteiger partial charge >= 0.3 is 0 Å². The molecule has 0 saturated heterocycles. The third-order valence-corrected chi connectivity index (χ3v) is 4.11. The molecule has 2 heterocycles. The van der Waals surface area contributed by atoms with Crippen LogP contribution in [0.2, 0.25) is 0 Å². The fourth-order valence-corrected chi connectivity index (χ4v) is 2.80. The van der Waals surface area contributed by atoms with Gasteiger partial charge in [-0.2, -0.15) is 0 Å². The second kappa shape index (κ2) is 5.69. The summed E-state index contributed by atoms with van der Waals surface area (Å²) in [6.45, 7) is 3.99. The number of rotatable bonds is 4. The van der Waals surface area contributed by atoms with E-state index < -0.39 is 0 Å². The Bertz CT molecular complexity index is 825. The topological polar surface area (TPSA) is 87.3 Å². The molecule has 0 unspecified atom stereocenters. The molecule has 0 amide bonds. The summed E-state index contributed by atoms with van der Waals surface area (Å²) in [5.41, 5.74) is 0.584. The Morgan fingerprint density at radius 1 is 1.29 bits per heavy atom. The highest BCUT2D eigenvalue weighted by Gasteiger charge is 2.14. The molecule has 0 spiro atoms. The number of para-hydroxylation sites is 1. The van der Waals surface area contributed by atoms with E-state index in [-0.39, 0.29) is 10.8 Å². The maximum atomic E-state index is 12.1. The summed E-state index contributed by atoms with van der Waals surface area (Å²) in [4.78, 5) is 23.8. The zero-order chi connectivity index (χ0) is 14.8. The van der Waals surface area contributed by atoms with E-state index in [2.05, 4.69) is 25.1 Å². The third kappa shape index (κ3) is 2.82. The molecule has 7 heteroatoms. The molecule has 3 rings (SSSR count). The van der Waals surface area contributed by atoms with Crippen LogP contribution in [0.15, 0.2) is 34.2 Å². The van der Waals surface area contributed by atoms with Crippen LogP contribution < -0.4 is 5.56 Å². The van der Waals surface area contributed by atoms with Gasteiger partial charge in [-0.15, -0.1) is 5.10 Å². The summed E-state index contributed by atoms with van der Waals surface area (Å²) < 4.78 is 0. The summed E-state index contributed by atoms with van der Waals surface area (Å²) in [6, 6.07) is 7.31. The zero-order valence-electron chi connectivity index (χ0n) is 11.8. The smallest absolute Gasteiger partial charge is 0.258 e. The van der Waals surface area contributed by atoms with Gasteiger partial charge in [0.15, 0.2) is 0 Å². The van der Waals surface area contributed by atoms with Crippen molar-refractivity contribution in [3.8, 4) is 0 Å². The summed E-state index contributed by atoms with van der Waals surface area (Å²) in [7, 11) is 0. The van der Waals surface area contributed by atoms with Crippen molar-refractivity contribution >= 4 is 22.7 Å². The maximum Gasteiger partial charge on any atom is 0.258 e. The average molecular weight is 301 g/mol. The van der Waals surface area contributed by atoms with Crippen molar-refractivity contribution < 1.29 is 0 Å². The van der Waals surface area contributed by atoms with Gasteiger partial charge in [0.05, 0.1) is 16.2 Å². The minimum Gasteiger partial charge on any atom is -0.309 e. The van der Waals surface area contributed by atoms with E-state index in [1.165, 1.54) is 11.8 Å². The predicted octanol–water partition coefficient (Wildman–Crippen LogP) is 2.46. The first-order valence-electron chi connectivity index (χ1n) is 6.74. The molecule has 3 aromatic rings. The quantitative estimate of drug-likeness (QED) is 0.723. The van der Waals surface area contributed by atoms with Crippen molar-refractivity contribution in [2.24, 2.45) is 0 Å². The molecule has 1 aromatic carbocycles. The zero-order valence-corrected chi connectivity index (χ0v) is 12.6. The second-order valence-electron chi connectivity index (χ2n) is 4.65. The van der Waals surface area contributed by atoms with Gasteiger partial charge in [-0.1, -0.05) is 30.8 Å². The Kier molecular flexibility index (Phi) is 3.74. The molecule has 0 radical (unpaired) electrons. The van der Waals surface area contributed by atoms with Crippen LogP contribution in [0.3, 0.4) is 0 Å². The van der Waals surface area contributed by atoms with Gasteiger partial charge in [-0.25, -0.2) is 9.97 Å². The van der Waals surface area contributed by atoms with Crippen molar-refractivity contribution in [2.45, 2.75) is 30.7 Å². The van der Waals surface area contributed by atoms with Gasteiger partial charge < -0.3 is 4.98 Å². The average Bonchev–Trinajstić information content (AvgIpc) is 2.95. The van der Waals surface area contributed by atoms with Crippen LogP contribution in [0, 0.1) is 0 Å². The Balaban J connectivity index is 1.90. The highest BCUT2D eigenvalue weighted by molar-refractivity contribution is 7.99. The Morgan fingerprint density at radius 3 is 2.86 bits per heavy atom. The van der Waals surface area contributed by atoms with Crippen LogP contribution in [0.4, 0.5) is 0 Å². The molecular formula is C14H15N5OS. The lowest BCUT2D eigenvalue weighted by Gasteiger charge is -2.08. The number of thioether (sulfide) groups is 1. The highest BCUT2D eigenvalue weighted by Crippen LogP contribution is 2.30. The van der Waals surface area contributed by atoms with Crippen LogP contribution in [0.25, 0.3) is 10.9 Å². The maximum absolute atomic E-state index is 12.1. The fourth-order valence-electron chi connectivity index (χ4n) is 2.00. The molecule has 2 N–H and O–H groups in total. The number of hydrogen-bond acceptors (Lipinski definition) is 5. The van der Waals surface area contributed by atoms with Crippen molar-refractivity contribution in [2.75, 3.05) is 0 Å². The number of aromatic amines is 2. The molecule has 2 aromatic heterocycles. The number of hydrogen-bond donors (Lipinski definition) is 2. The van der Waals surface area contributed by atoms with Crippen LogP contribution in [0.1, 0.15) is 30.7 Å². The van der Waals surface area contributed by atoms with E-state index >= 15 is 0 Å². The van der Waals surface area contributed by atoms with Gasteiger partial charge in [0.1, 0.15) is 11.6 Å². The van der Waals surface area contributed by atoms with E-state index in [4.69, 9.17) is 0 Å². The second-order valence-corrected chi connectivity index (χ2v) is 5.95. The molecule has 0 saturated carbocycles. The standard InChI is InChI=1S/C14H15N5OS/c1-3-11-16-14(19-18-11)21-8(2)12-15-10-7-5-4-6-9(10)13(20)17-12/h4-8H,3H2,1-2H3,(H,15,17,20)(H,16,18,19)/t8-/m1/s1. The summed E-state index contributed by atoms with van der Waals surface area (Å²) in [5, 5.41) is 8.25. The third-order valence-electron chi connectivity index (χ3n) is 3.14. The van der Waals surface area contributed by atoms with Gasteiger partial charge in [0, 0.05) is 6.42 Å². The summed E-state index contributed by atoms with van der Waals surface area (Å²) >= 11 is 1.46. The first-order valence-corrected chi connectivity index (χ1v) is 7.62. The van der Waals surface area contributed by atoms with E-state index in [0.717, 1.165) is 12.2 Å². The largest absolute Gasteiger partial charge is 0.309 e. The van der Waals surface area contributed by atoms with Crippen LogP contribution in [0.5, 0.6) is 0 Å². The van der Waals surface area contributed by atoms with Gasteiger partial charge in [0.25, 0.3) is 5.56 Å². The Labute approximate surface area is 125 Å². The molecule has 0 bridgehead atoms. The molecule has 0 aliphatic rings. The number of nitrogens with zero attached hydrogens (tertiary/aromatic N) is 3. The van der Waals surface area contributed by atoms with Gasteiger partial charge in [-0.3, -0.25) is 9.89 Å². The van der Waals surface area contributed by atoms with Crippen molar-refractivity contribution in [3.05, 3.63) is 46.3 Å². The monoisotopic (exact) mass is 301 g/mol. The van der Waals surface area contributed by atoms with Gasteiger partial charge in [-0.05, 0) is 19.1 Å². The van der Waals surface area contributed by atoms with Crippen LogP contribution >= 0.6 is 11.8 Å². The predicted molar refractivity (Wildman–Crippen MR) is 82.4 cm³/mol. The minimum absolute atomic E-state index is 0.0391. The minimum atomic E-state index is -0.118. The number of H-pyrrole nitrogens is 2. The van der Waals surface area contributed by atoms with E-state index in [1.807, 2.05) is 32.0 Å². The number of fused-ring (bicyclic) bond motifs is 1. The lowest BCUT2D eigenvalue weighted by Crippen LogP contribution is -2.12. The first kappa shape index (κ1) is 13.8. The molecule has 0 aliphatic heterocycles.